The van der Waals surface area contributed by atoms with Gasteiger partial charge in [-0.1, -0.05) is 0 Å². The van der Waals surface area contributed by atoms with Crippen LogP contribution in [0.3, 0.4) is 0 Å². The van der Waals surface area contributed by atoms with Crippen molar-refractivity contribution < 1.29 is 14.6 Å². The maximum absolute atomic E-state index is 9.81. The summed E-state index contributed by atoms with van der Waals surface area (Å²) in [5, 5.41) is 13.3. The Bertz CT molecular complexity index is 481. The molecule has 118 valence electrons. The van der Waals surface area contributed by atoms with Gasteiger partial charge in [0.05, 0.1) is 16.7 Å². The highest BCUT2D eigenvalue weighted by atomic mass is 79.9. The molecule has 5 heteroatoms. The average Bonchev–Trinajstić information content (AvgIpc) is 3.18. The van der Waals surface area contributed by atoms with Crippen LogP contribution in [0.5, 0.6) is 11.5 Å². The molecular formula is C16H24BrNO3. The molecule has 21 heavy (non-hydrogen) atoms. The zero-order chi connectivity index (χ0) is 15.5. The van der Waals surface area contributed by atoms with Crippen molar-refractivity contribution in [3.05, 3.63) is 22.2 Å². The quantitative estimate of drug-likeness (QED) is 0.749. The van der Waals surface area contributed by atoms with Gasteiger partial charge in [0.1, 0.15) is 6.61 Å². The molecule has 4 nitrogen and oxygen atoms in total. The first-order chi connectivity index (χ1) is 9.89. The molecule has 0 radical (unpaired) electrons. The van der Waals surface area contributed by atoms with Gasteiger partial charge < -0.3 is 19.9 Å². The number of benzene rings is 1. The van der Waals surface area contributed by atoms with E-state index in [0.717, 1.165) is 16.6 Å². The minimum Gasteiger partial charge on any atom is -0.490 e. The van der Waals surface area contributed by atoms with E-state index in [0.29, 0.717) is 24.1 Å². The summed E-state index contributed by atoms with van der Waals surface area (Å²) < 4.78 is 12.3. The van der Waals surface area contributed by atoms with Crippen LogP contribution in [0.2, 0.25) is 0 Å². The van der Waals surface area contributed by atoms with Crippen LogP contribution in [0, 0.1) is 0 Å². The first-order valence-corrected chi connectivity index (χ1v) is 8.22. The van der Waals surface area contributed by atoms with Gasteiger partial charge in [-0.05, 0) is 67.2 Å². The summed E-state index contributed by atoms with van der Waals surface area (Å²) in [6.45, 7) is 7.00. The van der Waals surface area contributed by atoms with Gasteiger partial charge in [-0.3, -0.25) is 0 Å². The third-order valence-corrected chi connectivity index (χ3v) is 3.70. The molecule has 2 N–H and O–H groups in total. The second-order valence-electron chi connectivity index (χ2n) is 6.09. The fourth-order valence-corrected chi connectivity index (χ4v) is 2.53. The van der Waals surface area contributed by atoms with E-state index in [1.165, 1.54) is 12.8 Å². The molecule has 0 saturated heterocycles. The number of aliphatic hydroxyl groups is 1. The van der Waals surface area contributed by atoms with Gasteiger partial charge in [0.15, 0.2) is 11.5 Å². The van der Waals surface area contributed by atoms with Crippen molar-refractivity contribution in [1.29, 1.82) is 0 Å². The van der Waals surface area contributed by atoms with E-state index >= 15 is 0 Å². The molecule has 0 aromatic heterocycles. The van der Waals surface area contributed by atoms with Crippen LogP contribution < -0.4 is 14.8 Å². The third-order valence-electron chi connectivity index (χ3n) is 3.11. The fraction of sp³-hybridized carbons (Fsp3) is 0.625. The lowest BCUT2D eigenvalue weighted by molar-refractivity contribution is 0.0271. The van der Waals surface area contributed by atoms with Crippen molar-refractivity contribution >= 4 is 15.9 Å². The summed E-state index contributed by atoms with van der Waals surface area (Å²) in [6, 6.07) is 4.71. The lowest BCUT2D eigenvalue weighted by atomic mass is 10.1. The van der Waals surface area contributed by atoms with Crippen molar-refractivity contribution in [3.63, 3.8) is 0 Å². The van der Waals surface area contributed by atoms with Crippen LogP contribution in [-0.2, 0) is 6.54 Å². The topological polar surface area (TPSA) is 50.7 Å². The van der Waals surface area contributed by atoms with Crippen molar-refractivity contribution in [3.8, 4) is 11.5 Å². The highest BCUT2D eigenvalue weighted by molar-refractivity contribution is 9.10. The van der Waals surface area contributed by atoms with E-state index in [1.807, 2.05) is 19.1 Å². The van der Waals surface area contributed by atoms with Crippen LogP contribution >= 0.6 is 15.9 Å². The first-order valence-electron chi connectivity index (χ1n) is 7.43. The summed E-state index contributed by atoms with van der Waals surface area (Å²) in [5.41, 5.74) is 0.280. The number of halogens is 1. The molecule has 0 bridgehead atoms. The molecule has 0 aliphatic heterocycles. The van der Waals surface area contributed by atoms with Crippen molar-refractivity contribution in [2.75, 3.05) is 13.2 Å². The van der Waals surface area contributed by atoms with Crippen molar-refractivity contribution in [2.24, 2.45) is 0 Å². The van der Waals surface area contributed by atoms with Gasteiger partial charge in [-0.25, -0.2) is 0 Å². The SMILES string of the molecule is CCOc1cc(CNC2CC2)cc(Br)c1OCC(C)(C)O. The predicted molar refractivity (Wildman–Crippen MR) is 87.0 cm³/mol. The molecule has 2 rings (SSSR count). The Balaban J connectivity index is 2.12. The Labute approximate surface area is 135 Å². The maximum Gasteiger partial charge on any atom is 0.175 e. The smallest absolute Gasteiger partial charge is 0.175 e. The Morgan fingerprint density at radius 3 is 2.62 bits per heavy atom. The normalized spacial score (nSPS) is 15.1. The van der Waals surface area contributed by atoms with Crippen LogP contribution in [0.25, 0.3) is 0 Å². The van der Waals surface area contributed by atoms with E-state index in [-0.39, 0.29) is 6.61 Å². The molecule has 0 amide bonds. The zero-order valence-corrected chi connectivity index (χ0v) is 14.5. The van der Waals surface area contributed by atoms with Gasteiger partial charge in [0.25, 0.3) is 0 Å². The summed E-state index contributed by atoms with van der Waals surface area (Å²) in [4.78, 5) is 0. The predicted octanol–water partition coefficient (Wildman–Crippen LogP) is 3.25. The Morgan fingerprint density at radius 2 is 2.05 bits per heavy atom. The van der Waals surface area contributed by atoms with Crippen LogP contribution in [0.1, 0.15) is 39.2 Å². The molecule has 0 heterocycles. The lowest BCUT2D eigenvalue weighted by Gasteiger charge is -2.21. The monoisotopic (exact) mass is 357 g/mol. The van der Waals surface area contributed by atoms with Gasteiger partial charge in [0, 0.05) is 12.6 Å². The fourth-order valence-electron chi connectivity index (χ4n) is 1.92. The molecule has 1 aromatic rings. The van der Waals surface area contributed by atoms with Crippen LogP contribution in [-0.4, -0.2) is 30.0 Å². The summed E-state index contributed by atoms with van der Waals surface area (Å²) in [6.07, 6.45) is 2.54. The molecule has 1 aromatic carbocycles. The summed E-state index contributed by atoms with van der Waals surface area (Å²) in [5.74, 6) is 1.36. The Hall–Kier alpha value is -0.780. The largest absolute Gasteiger partial charge is 0.490 e. The number of hydrogen-bond acceptors (Lipinski definition) is 4. The second kappa shape index (κ2) is 6.99. The molecule has 0 atom stereocenters. The van der Waals surface area contributed by atoms with Gasteiger partial charge in [-0.2, -0.15) is 0 Å². The number of nitrogens with one attached hydrogen (secondary N) is 1. The van der Waals surface area contributed by atoms with E-state index in [2.05, 4.69) is 21.2 Å². The van der Waals surface area contributed by atoms with Gasteiger partial charge in [-0.15, -0.1) is 0 Å². The van der Waals surface area contributed by atoms with E-state index < -0.39 is 5.60 Å². The lowest BCUT2D eigenvalue weighted by Crippen LogP contribution is -2.28. The van der Waals surface area contributed by atoms with Crippen LogP contribution in [0.4, 0.5) is 0 Å². The Kier molecular flexibility index (Phi) is 5.52. The highest BCUT2D eigenvalue weighted by Crippen LogP contribution is 2.37. The minimum atomic E-state index is -0.880. The van der Waals surface area contributed by atoms with Crippen molar-refractivity contribution in [1.82, 2.24) is 5.32 Å². The Morgan fingerprint density at radius 1 is 1.33 bits per heavy atom. The van der Waals surface area contributed by atoms with Crippen LogP contribution in [0.15, 0.2) is 16.6 Å². The molecule has 1 fully saturated rings. The van der Waals surface area contributed by atoms with E-state index in [1.54, 1.807) is 13.8 Å². The van der Waals surface area contributed by atoms with E-state index in [9.17, 15) is 5.11 Å². The number of ether oxygens (including phenoxy) is 2. The number of rotatable bonds is 8. The van der Waals surface area contributed by atoms with Crippen molar-refractivity contribution in [2.45, 2.75) is 51.8 Å². The molecule has 1 aliphatic rings. The molecule has 1 aliphatic carbocycles. The highest BCUT2D eigenvalue weighted by Gasteiger charge is 2.21. The summed E-state index contributed by atoms with van der Waals surface area (Å²) >= 11 is 3.54. The maximum atomic E-state index is 9.81. The first kappa shape index (κ1) is 16.6. The average molecular weight is 358 g/mol. The summed E-state index contributed by atoms with van der Waals surface area (Å²) in [7, 11) is 0. The molecule has 0 unspecified atom stereocenters. The standard InChI is InChI=1S/C16H24BrNO3/c1-4-20-14-8-11(9-18-12-5-6-12)7-13(17)15(14)21-10-16(2,3)19/h7-8,12,18-19H,4-6,9-10H2,1-3H3. The molecule has 1 saturated carbocycles. The zero-order valence-electron chi connectivity index (χ0n) is 12.9. The minimum absolute atomic E-state index is 0.214. The van der Waals surface area contributed by atoms with Gasteiger partial charge >= 0.3 is 0 Å². The second-order valence-corrected chi connectivity index (χ2v) is 6.95. The molecule has 0 spiro atoms. The van der Waals surface area contributed by atoms with Gasteiger partial charge in [0.2, 0.25) is 0 Å². The number of hydrogen-bond donors (Lipinski definition) is 2. The molecular weight excluding hydrogens is 334 g/mol. The third kappa shape index (κ3) is 5.49. The van der Waals surface area contributed by atoms with E-state index in [4.69, 9.17) is 9.47 Å².